The summed E-state index contributed by atoms with van der Waals surface area (Å²) in [5.74, 6) is -0.0831. The summed E-state index contributed by atoms with van der Waals surface area (Å²) in [7, 11) is -3.47. The molecule has 0 aliphatic carbocycles. The van der Waals surface area contributed by atoms with Crippen LogP contribution in [0.3, 0.4) is 0 Å². The van der Waals surface area contributed by atoms with Gasteiger partial charge >= 0.3 is 0 Å². The maximum Gasteiger partial charge on any atom is 0.236 e. The van der Waals surface area contributed by atoms with E-state index in [9.17, 15) is 13.2 Å². The molecule has 3 rings (SSSR count). The Bertz CT molecular complexity index is 939. The number of piperazine rings is 1. The molecule has 154 valence electrons. The van der Waals surface area contributed by atoms with Crippen LogP contribution >= 0.6 is 11.6 Å². The molecule has 0 unspecified atom stereocenters. The Morgan fingerprint density at radius 3 is 2.31 bits per heavy atom. The molecule has 1 aliphatic rings. The molecule has 1 N–H and O–H groups in total. The Hall–Kier alpha value is -2.19. The highest BCUT2D eigenvalue weighted by molar-refractivity contribution is 7.92. The van der Waals surface area contributed by atoms with Gasteiger partial charge in [-0.2, -0.15) is 4.31 Å². The van der Waals surface area contributed by atoms with Gasteiger partial charge in [0, 0.05) is 43.2 Å². The number of hydrogen-bond donors (Lipinski definition) is 1. The van der Waals surface area contributed by atoms with Crippen molar-refractivity contribution in [3.8, 4) is 0 Å². The molecule has 0 atom stereocenters. The lowest BCUT2D eigenvalue weighted by Crippen LogP contribution is -2.50. The normalized spacial score (nSPS) is 16.2. The standard InChI is InChI=1S/C21H24ClN3O3S/c22-20-8-6-19(7-9-20)16-23-21(26)17-24-11-13-25(14-12-24)29(27,28)15-10-18-4-2-1-3-5-18/h1-10,15H,11-14,16-17H2,(H,23,26). The molecule has 0 bridgehead atoms. The Morgan fingerprint density at radius 2 is 1.66 bits per heavy atom. The Labute approximate surface area is 176 Å². The van der Waals surface area contributed by atoms with Crippen LogP contribution < -0.4 is 5.32 Å². The van der Waals surface area contributed by atoms with Gasteiger partial charge < -0.3 is 5.32 Å². The van der Waals surface area contributed by atoms with Crippen molar-refractivity contribution < 1.29 is 13.2 Å². The van der Waals surface area contributed by atoms with Gasteiger partial charge in [0.2, 0.25) is 15.9 Å². The summed E-state index contributed by atoms with van der Waals surface area (Å²) in [5, 5.41) is 4.78. The van der Waals surface area contributed by atoms with E-state index in [4.69, 9.17) is 11.6 Å². The summed E-state index contributed by atoms with van der Waals surface area (Å²) in [6.07, 6.45) is 1.60. The third-order valence-electron chi connectivity index (χ3n) is 4.69. The topological polar surface area (TPSA) is 69.7 Å². The molecule has 1 amide bonds. The van der Waals surface area contributed by atoms with Crippen molar-refractivity contribution in [2.45, 2.75) is 6.54 Å². The van der Waals surface area contributed by atoms with Crippen LogP contribution in [0.25, 0.3) is 6.08 Å². The fraction of sp³-hybridized carbons (Fsp3) is 0.286. The summed E-state index contributed by atoms with van der Waals surface area (Å²) in [6, 6.07) is 16.6. The minimum absolute atomic E-state index is 0.0831. The molecular weight excluding hydrogens is 410 g/mol. The molecule has 1 saturated heterocycles. The van der Waals surface area contributed by atoms with Crippen LogP contribution in [0.2, 0.25) is 5.02 Å². The molecule has 1 aliphatic heterocycles. The molecule has 0 saturated carbocycles. The number of nitrogens with zero attached hydrogens (tertiary/aromatic N) is 2. The number of amides is 1. The first-order valence-electron chi connectivity index (χ1n) is 9.39. The second kappa shape index (κ2) is 10.0. The van der Waals surface area contributed by atoms with Crippen LogP contribution in [0.15, 0.2) is 60.0 Å². The fourth-order valence-corrected chi connectivity index (χ4v) is 4.32. The van der Waals surface area contributed by atoms with Gasteiger partial charge in [0.25, 0.3) is 0 Å². The SMILES string of the molecule is O=C(CN1CCN(S(=O)(=O)C=Cc2ccccc2)CC1)NCc1ccc(Cl)cc1. The number of sulfonamides is 1. The summed E-state index contributed by atoms with van der Waals surface area (Å²) in [5.41, 5.74) is 1.82. The van der Waals surface area contributed by atoms with E-state index >= 15 is 0 Å². The number of carbonyl (C=O) groups excluding carboxylic acids is 1. The van der Waals surface area contributed by atoms with Crippen LogP contribution in [0.5, 0.6) is 0 Å². The predicted octanol–water partition coefficient (Wildman–Crippen LogP) is 2.57. The monoisotopic (exact) mass is 433 g/mol. The molecular formula is C21H24ClN3O3S. The van der Waals surface area contributed by atoms with Gasteiger partial charge in [0.15, 0.2) is 0 Å². The number of nitrogens with one attached hydrogen (secondary N) is 1. The van der Waals surface area contributed by atoms with E-state index in [2.05, 4.69) is 5.32 Å². The largest absolute Gasteiger partial charge is 0.351 e. The molecule has 0 radical (unpaired) electrons. The van der Waals surface area contributed by atoms with E-state index in [0.29, 0.717) is 37.7 Å². The van der Waals surface area contributed by atoms with Crippen LogP contribution in [0, 0.1) is 0 Å². The van der Waals surface area contributed by atoms with Crippen molar-refractivity contribution in [2.75, 3.05) is 32.7 Å². The van der Waals surface area contributed by atoms with Gasteiger partial charge in [-0.05, 0) is 29.3 Å². The van der Waals surface area contributed by atoms with E-state index in [1.54, 1.807) is 18.2 Å². The van der Waals surface area contributed by atoms with E-state index in [0.717, 1.165) is 11.1 Å². The van der Waals surface area contributed by atoms with Gasteiger partial charge in [-0.1, -0.05) is 54.1 Å². The first kappa shape index (κ1) is 21.5. The summed E-state index contributed by atoms with van der Waals surface area (Å²) in [4.78, 5) is 14.1. The highest BCUT2D eigenvalue weighted by atomic mass is 35.5. The van der Waals surface area contributed by atoms with Gasteiger partial charge in [-0.3, -0.25) is 9.69 Å². The fourth-order valence-electron chi connectivity index (χ4n) is 3.02. The van der Waals surface area contributed by atoms with Crippen LogP contribution in [0.1, 0.15) is 11.1 Å². The van der Waals surface area contributed by atoms with Crippen molar-refractivity contribution >= 4 is 33.6 Å². The number of rotatable bonds is 7. The third kappa shape index (κ3) is 6.68. The highest BCUT2D eigenvalue weighted by Crippen LogP contribution is 2.12. The first-order valence-corrected chi connectivity index (χ1v) is 11.3. The zero-order chi connectivity index (χ0) is 20.7. The first-order chi connectivity index (χ1) is 13.9. The van der Waals surface area contributed by atoms with E-state index in [1.807, 2.05) is 47.4 Å². The van der Waals surface area contributed by atoms with Gasteiger partial charge in [0.05, 0.1) is 6.54 Å². The second-order valence-corrected chi connectivity index (χ2v) is 9.09. The maximum absolute atomic E-state index is 12.5. The smallest absolute Gasteiger partial charge is 0.236 e. The molecule has 2 aromatic rings. The highest BCUT2D eigenvalue weighted by Gasteiger charge is 2.25. The van der Waals surface area contributed by atoms with E-state index in [-0.39, 0.29) is 12.5 Å². The van der Waals surface area contributed by atoms with Crippen LogP contribution in [0.4, 0.5) is 0 Å². The third-order valence-corrected chi connectivity index (χ3v) is 6.51. The van der Waals surface area contributed by atoms with E-state index < -0.39 is 10.0 Å². The van der Waals surface area contributed by atoms with Crippen molar-refractivity contribution in [2.24, 2.45) is 0 Å². The van der Waals surface area contributed by atoms with Gasteiger partial charge in [0.1, 0.15) is 0 Å². The Morgan fingerprint density at radius 1 is 1.00 bits per heavy atom. The summed E-state index contributed by atoms with van der Waals surface area (Å²) >= 11 is 5.85. The summed E-state index contributed by atoms with van der Waals surface area (Å²) in [6.45, 7) is 2.47. The maximum atomic E-state index is 12.5. The van der Waals surface area contributed by atoms with Crippen LogP contribution in [-0.4, -0.2) is 56.3 Å². The van der Waals surface area contributed by atoms with Crippen molar-refractivity contribution in [1.29, 1.82) is 0 Å². The predicted molar refractivity (Wildman–Crippen MR) is 116 cm³/mol. The number of benzene rings is 2. The van der Waals surface area contributed by atoms with Gasteiger partial charge in [-0.15, -0.1) is 0 Å². The molecule has 1 heterocycles. The zero-order valence-electron chi connectivity index (χ0n) is 16.0. The van der Waals surface area contributed by atoms with Crippen molar-refractivity contribution in [3.05, 3.63) is 76.2 Å². The summed E-state index contributed by atoms with van der Waals surface area (Å²) < 4.78 is 26.5. The number of hydrogen-bond acceptors (Lipinski definition) is 4. The van der Waals surface area contributed by atoms with Crippen molar-refractivity contribution in [1.82, 2.24) is 14.5 Å². The molecule has 2 aromatic carbocycles. The lowest BCUT2D eigenvalue weighted by atomic mass is 10.2. The Balaban J connectivity index is 1.44. The molecule has 0 aromatic heterocycles. The number of halogens is 1. The number of carbonyl (C=O) groups is 1. The molecule has 29 heavy (non-hydrogen) atoms. The second-order valence-electron chi connectivity index (χ2n) is 6.84. The Kier molecular flexibility index (Phi) is 7.44. The van der Waals surface area contributed by atoms with Crippen molar-refractivity contribution in [3.63, 3.8) is 0 Å². The zero-order valence-corrected chi connectivity index (χ0v) is 17.6. The minimum Gasteiger partial charge on any atom is -0.351 e. The lowest BCUT2D eigenvalue weighted by Gasteiger charge is -2.32. The molecule has 8 heteroatoms. The molecule has 6 nitrogen and oxygen atoms in total. The van der Waals surface area contributed by atoms with E-state index in [1.165, 1.54) is 9.71 Å². The van der Waals surface area contributed by atoms with Crippen LogP contribution in [-0.2, 0) is 21.4 Å². The lowest BCUT2D eigenvalue weighted by molar-refractivity contribution is -0.122. The molecule has 0 spiro atoms. The molecule has 1 fully saturated rings. The quantitative estimate of drug-likeness (QED) is 0.728. The van der Waals surface area contributed by atoms with Gasteiger partial charge in [-0.25, -0.2) is 8.42 Å². The minimum atomic E-state index is -3.47. The average Bonchev–Trinajstić information content (AvgIpc) is 2.73. The average molecular weight is 434 g/mol.